The van der Waals surface area contributed by atoms with Crippen LogP contribution >= 0.6 is 35.4 Å². The molecule has 3 rings (SSSR count). The van der Waals surface area contributed by atoms with Crippen molar-refractivity contribution in [2.45, 2.75) is 26.2 Å². The van der Waals surface area contributed by atoms with Crippen LogP contribution in [-0.2, 0) is 10.2 Å². The first-order chi connectivity index (χ1) is 15.0. The third-order valence-electron chi connectivity index (χ3n) is 4.59. The maximum atomic E-state index is 12.2. The van der Waals surface area contributed by atoms with Gasteiger partial charge in [0.05, 0.1) is 15.7 Å². The molecule has 0 atom stereocenters. The van der Waals surface area contributed by atoms with Crippen LogP contribution in [0.2, 0.25) is 10.0 Å². The third-order valence-corrected chi connectivity index (χ3v) is 5.61. The predicted octanol–water partition coefficient (Wildman–Crippen LogP) is 6.78. The first kappa shape index (κ1) is 23.9. The van der Waals surface area contributed by atoms with Crippen LogP contribution in [0.1, 0.15) is 32.1 Å². The number of hydrogen-bond acceptors (Lipinski definition) is 4. The molecule has 3 aromatic rings. The van der Waals surface area contributed by atoms with Gasteiger partial charge in [0.15, 0.2) is 5.11 Å². The van der Waals surface area contributed by atoms with E-state index < -0.39 is 5.91 Å². The molecule has 0 aliphatic heterocycles. The topological polar surface area (TPSA) is 74.5 Å². The summed E-state index contributed by atoms with van der Waals surface area (Å²) in [7, 11) is 0. The van der Waals surface area contributed by atoms with Crippen LogP contribution < -0.4 is 10.6 Å². The molecule has 0 saturated heterocycles. The van der Waals surface area contributed by atoms with Gasteiger partial charge in [-0.3, -0.25) is 10.1 Å². The van der Waals surface area contributed by atoms with Crippen LogP contribution in [0.3, 0.4) is 0 Å². The van der Waals surface area contributed by atoms with E-state index in [9.17, 15) is 9.90 Å². The minimum atomic E-state index is -0.451. The van der Waals surface area contributed by atoms with E-state index in [1.807, 2.05) is 6.07 Å². The fraction of sp³-hybridized carbons (Fsp3) is 0.167. The van der Waals surface area contributed by atoms with Crippen molar-refractivity contribution in [1.82, 2.24) is 5.32 Å². The van der Waals surface area contributed by atoms with Crippen molar-refractivity contribution in [1.29, 1.82) is 0 Å². The average Bonchev–Trinajstić information content (AvgIpc) is 3.18. The average molecular weight is 489 g/mol. The Morgan fingerprint density at radius 3 is 2.59 bits per heavy atom. The van der Waals surface area contributed by atoms with Crippen LogP contribution in [0.5, 0.6) is 5.75 Å². The van der Waals surface area contributed by atoms with Gasteiger partial charge in [0.2, 0.25) is 5.91 Å². The van der Waals surface area contributed by atoms with Crippen LogP contribution in [-0.4, -0.2) is 16.1 Å². The molecule has 5 nitrogen and oxygen atoms in total. The monoisotopic (exact) mass is 488 g/mol. The number of hydrogen-bond donors (Lipinski definition) is 3. The van der Waals surface area contributed by atoms with Gasteiger partial charge in [0, 0.05) is 11.6 Å². The molecule has 3 N–H and O–H groups in total. The number of halogens is 2. The Labute approximate surface area is 202 Å². The summed E-state index contributed by atoms with van der Waals surface area (Å²) in [6.07, 6.45) is 2.80. The van der Waals surface area contributed by atoms with Crippen molar-refractivity contribution in [2.75, 3.05) is 5.32 Å². The van der Waals surface area contributed by atoms with Crippen molar-refractivity contribution >= 4 is 58.2 Å². The number of rotatable bonds is 4. The number of benzene rings is 2. The molecule has 1 aromatic heterocycles. The number of furan rings is 1. The molecule has 2 aromatic carbocycles. The summed E-state index contributed by atoms with van der Waals surface area (Å²) in [6.45, 7) is 6.19. The van der Waals surface area contributed by atoms with Gasteiger partial charge in [-0.1, -0.05) is 56.1 Å². The van der Waals surface area contributed by atoms with Crippen LogP contribution in [0, 0.1) is 0 Å². The molecule has 0 saturated carbocycles. The molecule has 1 heterocycles. The Hall–Kier alpha value is -2.80. The molecular formula is C24H22Cl2N2O3S. The fourth-order valence-electron chi connectivity index (χ4n) is 2.85. The number of phenolic OH excluding ortho intramolecular Hbond substituents is 1. The highest BCUT2D eigenvalue weighted by Crippen LogP contribution is 2.34. The number of phenols is 1. The van der Waals surface area contributed by atoms with Crippen molar-refractivity contribution in [2.24, 2.45) is 0 Å². The first-order valence-corrected chi connectivity index (χ1v) is 10.9. The standard InChI is InChI=1S/C24H22Cl2N2O3S/c1-24(2,3)14-7-10-19(29)18(13-14)27-23(32)28-21(30)12-9-15-8-11-20(31-15)16-5-4-6-17(25)22(16)26/h4-13,29H,1-3H3,(H2,27,28,30,32)/b12-9+. The SMILES string of the molecule is CC(C)(C)c1ccc(O)c(NC(=S)NC(=O)/C=C/c2ccc(-c3cccc(Cl)c3Cl)o2)c1. The first-order valence-electron chi connectivity index (χ1n) is 9.72. The number of nitrogens with one attached hydrogen (secondary N) is 2. The van der Waals surface area contributed by atoms with Crippen LogP contribution in [0.15, 0.2) is 59.0 Å². The van der Waals surface area contributed by atoms with E-state index in [1.54, 1.807) is 42.5 Å². The summed E-state index contributed by atoms with van der Waals surface area (Å²) < 4.78 is 5.73. The minimum absolute atomic E-state index is 0.0351. The zero-order chi connectivity index (χ0) is 23.5. The van der Waals surface area contributed by atoms with Gasteiger partial charge in [-0.05, 0) is 65.7 Å². The van der Waals surface area contributed by atoms with E-state index in [0.717, 1.165) is 5.56 Å². The van der Waals surface area contributed by atoms with Gasteiger partial charge in [0.25, 0.3) is 0 Å². The Balaban J connectivity index is 1.63. The zero-order valence-electron chi connectivity index (χ0n) is 17.7. The lowest BCUT2D eigenvalue weighted by Gasteiger charge is -2.20. The Morgan fingerprint density at radius 2 is 1.88 bits per heavy atom. The van der Waals surface area contributed by atoms with Gasteiger partial charge in [-0.25, -0.2) is 0 Å². The number of thiocarbonyl (C=S) groups is 1. The number of carbonyl (C=O) groups is 1. The Kier molecular flexibility index (Phi) is 7.29. The van der Waals surface area contributed by atoms with E-state index in [1.165, 1.54) is 12.2 Å². The van der Waals surface area contributed by atoms with Crippen molar-refractivity contribution in [3.05, 3.63) is 76.0 Å². The molecule has 32 heavy (non-hydrogen) atoms. The van der Waals surface area contributed by atoms with E-state index in [-0.39, 0.29) is 16.3 Å². The number of aromatic hydroxyl groups is 1. The maximum absolute atomic E-state index is 12.2. The minimum Gasteiger partial charge on any atom is -0.506 e. The lowest BCUT2D eigenvalue weighted by molar-refractivity contribution is -0.115. The normalized spacial score (nSPS) is 11.5. The van der Waals surface area contributed by atoms with Crippen molar-refractivity contribution in [3.8, 4) is 17.1 Å². The van der Waals surface area contributed by atoms with E-state index in [4.69, 9.17) is 39.8 Å². The number of amides is 1. The Bertz CT molecular complexity index is 1200. The summed E-state index contributed by atoms with van der Waals surface area (Å²) in [6, 6.07) is 14.0. The second-order valence-corrected chi connectivity index (χ2v) is 9.26. The highest BCUT2D eigenvalue weighted by atomic mass is 35.5. The van der Waals surface area contributed by atoms with Crippen LogP contribution in [0.4, 0.5) is 5.69 Å². The molecule has 0 spiro atoms. The number of carbonyl (C=O) groups excluding carboxylic acids is 1. The molecule has 0 radical (unpaired) electrons. The third kappa shape index (κ3) is 5.91. The fourth-order valence-corrected chi connectivity index (χ4v) is 3.45. The number of anilines is 1. The molecule has 0 unspecified atom stereocenters. The summed E-state index contributed by atoms with van der Waals surface area (Å²) in [4.78, 5) is 12.2. The molecule has 8 heteroatoms. The van der Waals surface area contributed by atoms with Gasteiger partial charge in [-0.15, -0.1) is 0 Å². The Morgan fingerprint density at radius 1 is 1.12 bits per heavy atom. The molecule has 1 amide bonds. The molecule has 0 aliphatic rings. The van der Waals surface area contributed by atoms with Crippen molar-refractivity contribution in [3.63, 3.8) is 0 Å². The maximum Gasteiger partial charge on any atom is 0.250 e. The van der Waals surface area contributed by atoms with Crippen LogP contribution in [0.25, 0.3) is 17.4 Å². The quantitative estimate of drug-likeness (QED) is 0.214. The van der Waals surface area contributed by atoms with E-state index >= 15 is 0 Å². The highest BCUT2D eigenvalue weighted by Gasteiger charge is 2.16. The van der Waals surface area contributed by atoms with Gasteiger partial charge in [-0.2, -0.15) is 0 Å². The largest absolute Gasteiger partial charge is 0.506 e. The molecule has 0 fully saturated rings. The second kappa shape index (κ2) is 9.77. The predicted molar refractivity (Wildman–Crippen MR) is 134 cm³/mol. The van der Waals surface area contributed by atoms with Gasteiger partial charge in [0.1, 0.15) is 17.3 Å². The lowest BCUT2D eigenvalue weighted by atomic mass is 9.87. The molecule has 0 aliphatic carbocycles. The van der Waals surface area contributed by atoms with Crippen molar-refractivity contribution < 1.29 is 14.3 Å². The zero-order valence-corrected chi connectivity index (χ0v) is 20.0. The second-order valence-electron chi connectivity index (χ2n) is 8.06. The molecule has 166 valence electrons. The van der Waals surface area contributed by atoms with E-state index in [0.29, 0.717) is 32.8 Å². The lowest BCUT2D eigenvalue weighted by Crippen LogP contribution is -2.32. The summed E-state index contributed by atoms with van der Waals surface area (Å²) in [5, 5.41) is 16.4. The summed E-state index contributed by atoms with van der Waals surface area (Å²) in [5.74, 6) is 0.574. The smallest absolute Gasteiger partial charge is 0.250 e. The summed E-state index contributed by atoms with van der Waals surface area (Å²) in [5.41, 5.74) is 1.99. The molecule has 0 bridgehead atoms. The van der Waals surface area contributed by atoms with Gasteiger partial charge >= 0.3 is 0 Å². The summed E-state index contributed by atoms with van der Waals surface area (Å²) >= 11 is 17.5. The highest BCUT2D eigenvalue weighted by molar-refractivity contribution is 7.80. The van der Waals surface area contributed by atoms with E-state index in [2.05, 4.69) is 31.4 Å². The van der Waals surface area contributed by atoms with Gasteiger partial charge < -0.3 is 14.8 Å². The molecular weight excluding hydrogens is 467 g/mol.